The summed E-state index contributed by atoms with van der Waals surface area (Å²) in [7, 11) is 0. The van der Waals surface area contributed by atoms with Crippen LogP contribution in [0.4, 0.5) is 5.69 Å². The van der Waals surface area contributed by atoms with E-state index in [1.165, 1.54) is 5.01 Å². The van der Waals surface area contributed by atoms with Crippen molar-refractivity contribution < 1.29 is 9.53 Å². The van der Waals surface area contributed by atoms with Crippen molar-refractivity contribution in [2.24, 2.45) is 5.10 Å². The number of pyridine rings is 1. The smallest absolute Gasteiger partial charge is 0.285 e. The van der Waals surface area contributed by atoms with Crippen LogP contribution < -0.4 is 5.01 Å². The average molecular weight is 288 g/mol. The fourth-order valence-corrected chi connectivity index (χ4v) is 1.99. The van der Waals surface area contributed by atoms with Gasteiger partial charge in [-0.2, -0.15) is 5.01 Å². The van der Waals surface area contributed by atoms with Crippen molar-refractivity contribution in [1.29, 1.82) is 0 Å². The summed E-state index contributed by atoms with van der Waals surface area (Å²) in [5.41, 5.74) is 1.37. The Kier molecular flexibility index (Phi) is 3.35. The van der Waals surface area contributed by atoms with Crippen LogP contribution in [0.5, 0.6) is 0 Å². The summed E-state index contributed by atoms with van der Waals surface area (Å²) in [5.74, 6) is 0.123. The number of ether oxygens (including phenoxy) is 1. The molecule has 20 heavy (non-hydrogen) atoms. The van der Waals surface area contributed by atoms with Crippen molar-refractivity contribution in [2.45, 2.75) is 0 Å². The number of carbonyl (C=O) groups excluding carboxylic acids is 1. The topological polar surface area (TPSA) is 54.8 Å². The maximum atomic E-state index is 11.9. The molecule has 1 aliphatic rings. The molecule has 0 saturated heterocycles. The Bertz CT molecular complexity index is 673. The molecule has 2 heterocycles. The quantitative estimate of drug-likeness (QED) is 0.797. The predicted molar refractivity (Wildman–Crippen MR) is 75.7 cm³/mol. The summed E-state index contributed by atoms with van der Waals surface area (Å²) in [5, 5.41) is 5.91. The van der Waals surface area contributed by atoms with Gasteiger partial charge in [0.1, 0.15) is 5.15 Å². The van der Waals surface area contributed by atoms with Crippen LogP contribution in [0.2, 0.25) is 5.15 Å². The first-order valence-corrected chi connectivity index (χ1v) is 6.33. The second-order valence-electron chi connectivity index (χ2n) is 4.10. The van der Waals surface area contributed by atoms with Gasteiger partial charge in [-0.15, -0.1) is 5.10 Å². The lowest BCUT2D eigenvalue weighted by molar-refractivity contribution is -0.121. The van der Waals surface area contributed by atoms with E-state index in [0.29, 0.717) is 22.3 Å². The standard InChI is InChI=1S/C14H10ClN3O2/c15-12-8-10(6-7-16-12)14-17-18(13(19)9-20-14)11-4-2-1-3-5-11/h1-8H,9H2. The molecule has 0 fully saturated rings. The summed E-state index contributed by atoms with van der Waals surface area (Å²) in [6.45, 7) is -0.0618. The highest BCUT2D eigenvalue weighted by atomic mass is 35.5. The number of para-hydroxylation sites is 1. The van der Waals surface area contributed by atoms with Gasteiger partial charge >= 0.3 is 0 Å². The number of hydrazone groups is 1. The molecule has 1 aromatic heterocycles. The molecule has 0 aliphatic carbocycles. The number of amides is 1. The van der Waals surface area contributed by atoms with Crippen LogP contribution in [0.15, 0.2) is 53.8 Å². The molecule has 0 bridgehead atoms. The highest BCUT2D eigenvalue weighted by Crippen LogP contribution is 2.19. The molecule has 100 valence electrons. The zero-order chi connectivity index (χ0) is 13.9. The Morgan fingerprint density at radius 1 is 1.20 bits per heavy atom. The van der Waals surface area contributed by atoms with Gasteiger partial charge < -0.3 is 4.74 Å². The Labute approximate surface area is 120 Å². The van der Waals surface area contributed by atoms with Gasteiger partial charge in [0, 0.05) is 11.8 Å². The summed E-state index contributed by atoms with van der Waals surface area (Å²) in [4.78, 5) is 15.8. The van der Waals surface area contributed by atoms with Gasteiger partial charge in [0.25, 0.3) is 5.91 Å². The summed E-state index contributed by atoms with van der Waals surface area (Å²) < 4.78 is 5.36. The fraction of sp³-hybridized carbons (Fsp3) is 0.0714. The summed E-state index contributed by atoms with van der Waals surface area (Å²) >= 11 is 5.84. The zero-order valence-corrected chi connectivity index (χ0v) is 11.1. The first-order chi connectivity index (χ1) is 9.74. The molecule has 6 heteroatoms. The van der Waals surface area contributed by atoms with E-state index in [-0.39, 0.29) is 12.5 Å². The van der Waals surface area contributed by atoms with Gasteiger partial charge in [-0.1, -0.05) is 29.8 Å². The molecule has 0 atom stereocenters. The first kappa shape index (κ1) is 12.6. The molecule has 1 aliphatic heterocycles. The number of anilines is 1. The molecule has 3 rings (SSSR count). The maximum Gasteiger partial charge on any atom is 0.285 e. The largest absolute Gasteiger partial charge is 0.466 e. The van der Waals surface area contributed by atoms with Crippen molar-refractivity contribution in [2.75, 3.05) is 11.6 Å². The predicted octanol–water partition coefficient (Wildman–Crippen LogP) is 2.46. The molecule has 0 unspecified atom stereocenters. The lowest BCUT2D eigenvalue weighted by Crippen LogP contribution is -2.36. The lowest BCUT2D eigenvalue weighted by Gasteiger charge is -2.23. The maximum absolute atomic E-state index is 11.9. The SMILES string of the molecule is O=C1COC(c2ccnc(Cl)c2)=NN1c1ccccc1. The minimum Gasteiger partial charge on any atom is -0.466 e. The van der Waals surface area contributed by atoms with E-state index in [1.54, 1.807) is 18.3 Å². The molecule has 0 saturated carbocycles. The molecule has 0 N–H and O–H groups in total. The highest BCUT2D eigenvalue weighted by Gasteiger charge is 2.23. The van der Waals surface area contributed by atoms with Crippen LogP contribution in [-0.4, -0.2) is 23.4 Å². The number of rotatable bonds is 2. The molecule has 1 amide bonds. The van der Waals surface area contributed by atoms with Crippen LogP contribution in [0.25, 0.3) is 0 Å². The molecule has 2 aromatic rings. The van der Waals surface area contributed by atoms with Gasteiger partial charge in [0.2, 0.25) is 5.90 Å². The molecule has 0 radical (unpaired) electrons. The minimum atomic E-state index is -0.222. The van der Waals surface area contributed by atoms with Gasteiger partial charge in [0.15, 0.2) is 6.61 Å². The Morgan fingerprint density at radius 2 is 2.00 bits per heavy atom. The number of hydrogen-bond donors (Lipinski definition) is 0. The summed E-state index contributed by atoms with van der Waals surface area (Å²) in [6, 6.07) is 12.5. The number of halogens is 1. The van der Waals surface area contributed by atoms with E-state index in [4.69, 9.17) is 16.3 Å². The van der Waals surface area contributed by atoms with Gasteiger partial charge in [-0.3, -0.25) is 4.79 Å². The van der Waals surface area contributed by atoms with Crippen molar-refractivity contribution in [1.82, 2.24) is 4.98 Å². The third kappa shape index (κ3) is 2.48. The monoisotopic (exact) mass is 287 g/mol. The van der Waals surface area contributed by atoms with E-state index in [1.807, 2.05) is 30.3 Å². The Balaban J connectivity index is 1.99. The van der Waals surface area contributed by atoms with Gasteiger partial charge in [-0.25, -0.2) is 4.98 Å². The number of carbonyl (C=O) groups is 1. The second kappa shape index (κ2) is 5.30. The van der Waals surface area contributed by atoms with Gasteiger partial charge in [-0.05, 0) is 24.3 Å². The van der Waals surface area contributed by atoms with E-state index < -0.39 is 0 Å². The van der Waals surface area contributed by atoms with Crippen molar-refractivity contribution >= 4 is 29.1 Å². The lowest BCUT2D eigenvalue weighted by atomic mass is 10.2. The zero-order valence-electron chi connectivity index (χ0n) is 10.4. The molecule has 5 nitrogen and oxygen atoms in total. The third-order valence-corrected chi connectivity index (χ3v) is 2.94. The third-order valence-electron chi connectivity index (χ3n) is 2.73. The Morgan fingerprint density at radius 3 is 2.75 bits per heavy atom. The van der Waals surface area contributed by atoms with Crippen LogP contribution in [-0.2, 0) is 9.53 Å². The summed E-state index contributed by atoms with van der Waals surface area (Å²) in [6.07, 6.45) is 1.56. The highest BCUT2D eigenvalue weighted by molar-refractivity contribution is 6.29. The van der Waals surface area contributed by atoms with E-state index in [2.05, 4.69) is 10.1 Å². The fourth-order valence-electron chi connectivity index (χ4n) is 1.81. The van der Waals surface area contributed by atoms with Crippen molar-refractivity contribution in [3.63, 3.8) is 0 Å². The second-order valence-corrected chi connectivity index (χ2v) is 4.49. The number of benzene rings is 1. The van der Waals surface area contributed by atoms with Crippen LogP contribution in [0, 0.1) is 0 Å². The Hall–Kier alpha value is -2.40. The number of hydrogen-bond acceptors (Lipinski definition) is 4. The molecule has 0 spiro atoms. The normalized spacial score (nSPS) is 14.8. The van der Waals surface area contributed by atoms with E-state index in [0.717, 1.165) is 0 Å². The van der Waals surface area contributed by atoms with E-state index in [9.17, 15) is 4.79 Å². The van der Waals surface area contributed by atoms with Crippen molar-refractivity contribution in [3.05, 3.63) is 59.4 Å². The molecular formula is C14H10ClN3O2. The van der Waals surface area contributed by atoms with Crippen LogP contribution in [0.3, 0.4) is 0 Å². The number of nitrogens with zero attached hydrogens (tertiary/aromatic N) is 3. The average Bonchev–Trinajstić information content (AvgIpc) is 2.48. The molecular weight excluding hydrogens is 278 g/mol. The van der Waals surface area contributed by atoms with Crippen LogP contribution >= 0.6 is 11.6 Å². The number of aromatic nitrogens is 1. The van der Waals surface area contributed by atoms with E-state index >= 15 is 0 Å². The first-order valence-electron chi connectivity index (χ1n) is 5.95. The van der Waals surface area contributed by atoms with Crippen molar-refractivity contribution in [3.8, 4) is 0 Å². The minimum absolute atomic E-state index is 0.0618. The van der Waals surface area contributed by atoms with Gasteiger partial charge in [0.05, 0.1) is 5.69 Å². The van der Waals surface area contributed by atoms with Crippen LogP contribution in [0.1, 0.15) is 5.56 Å². The molecule has 1 aromatic carbocycles.